The molecule has 0 bridgehead atoms. The van der Waals surface area contributed by atoms with Crippen molar-refractivity contribution in [3.05, 3.63) is 33.7 Å². The van der Waals surface area contributed by atoms with Gasteiger partial charge in [-0.2, -0.15) is 0 Å². The summed E-state index contributed by atoms with van der Waals surface area (Å²) < 4.78 is 1.60. The van der Waals surface area contributed by atoms with E-state index in [0.29, 0.717) is 5.25 Å². The van der Waals surface area contributed by atoms with E-state index in [4.69, 9.17) is 0 Å². The minimum Gasteiger partial charge on any atom is -0.349 e. The fourth-order valence-electron chi connectivity index (χ4n) is 2.93. The molecule has 1 atom stereocenters. The second-order valence-corrected chi connectivity index (χ2v) is 8.23. The van der Waals surface area contributed by atoms with Gasteiger partial charge in [-0.1, -0.05) is 18.7 Å². The summed E-state index contributed by atoms with van der Waals surface area (Å²) >= 11 is 3.39. The molecule has 0 aliphatic carbocycles. The fraction of sp³-hybridized carbons (Fsp3) is 0.533. The Morgan fingerprint density at radius 1 is 1.30 bits per heavy atom. The zero-order valence-electron chi connectivity index (χ0n) is 13.0. The molecule has 0 aromatic carbocycles. The molecular weight excluding hydrogens is 330 g/mol. The number of aliphatic imine (C=N–C) groups is 1. The van der Waals surface area contributed by atoms with Crippen LogP contribution in [0, 0.1) is 0 Å². The van der Waals surface area contributed by atoms with Gasteiger partial charge in [-0.05, 0) is 0 Å². The average molecular weight is 349 g/mol. The Hall–Kier alpha value is -1.38. The molecule has 2 aromatic rings. The van der Waals surface area contributed by atoms with Gasteiger partial charge in [0.1, 0.15) is 0 Å². The van der Waals surface area contributed by atoms with E-state index in [1.165, 1.54) is 16.5 Å². The first-order valence-corrected chi connectivity index (χ1v) is 9.59. The van der Waals surface area contributed by atoms with Crippen molar-refractivity contribution in [3.8, 4) is 0 Å². The second kappa shape index (κ2) is 6.26. The van der Waals surface area contributed by atoms with Gasteiger partial charge >= 0.3 is 0 Å². The summed E-state index contributed by atoms with van der Waals surface area (Å²) in [6.45, 7) is 7.88. The maximum absolute atomic E-state index is 12.0. The van der Waals surface area contributed by atoms with Crippen LogP contribution >= 0.6 is 23.1 Å². The molecule has 4 heterocycles. The molecule has 4 rings (SSSR count). The summed E-state index contributed by atoms with van der Waals surface area (Å²) in [4.78, 5) is 26.8. The van der Waals surface area contributed by atoms with Crippen molar-refractivity contribution in [1.29, 1.82) is 0 Å². The van der Waals surface area contributed by atoms with Gasteiger partial charge in [0.05, 0.1) is 12.2 Å². The average Bonchev–Trinajstić information content (AvgIpc) is 3.17. The topological polar surface area (TPSA) is 53.2 Å². The van der Waals surface area contributed by atoms with Crippen molar-refractivity contribution in [2.45, 2.75) is 18.7 Å². The Morgan fingerprint density at radius 3 is 2.87 bits per heavy atom. The molecule has 1 fully saturated rings. The van der Waals surface area contributed by atoms with E-state index < -0.39 is 0 Å². The van der Waals surface area contributed by atoms with Gasteiger partial charge in [-0.3, -0.25) is 19.1 Å². The maximum atomic E-state index is 12.0. The largest absolute Gasteiger partial charge is 0.349 e. The Balaban J connectivity index is 1.39. The van der Waals surface area contributed by atoms with Crippen LogP contribution in [0.2, 0.25) is 0 Å². The predicted octanol–water partition coefficient (Wildman–Crippen LogP) is 1.36. The van der Waals surface area contributed by atoms with Crippen molar-refractivity contribution in [2.24, 2.45) is 4.99 Å². The van der Waals surface area contributed by atoms with Gasteiger partial charge in [0.15, 0.2) is 10.1 Å². The number of thioether (sulfide) groups is 1. The monoisotopic (exact) mass is 349 g/mol. The third kappa shape index (κ3) is 3.15. The third-order valence-electron chi connectivity index (χ3n) is 4.17. The number of hydrogen-bond donors (Lipinski definition) is 0. The summed E-state index contributed by atoms with van der Waals surface area (Å²) in [6, 6.07) is 1.66. The van der Waals surface area contributed by atoms with Gasteiger partial charge in [-0.25, -0.2) is 4.98 Å². The van der Waals surface area contributed by atoms with Crippen LogP contribution in [-0.4, -0.2) is 62.3 Å². The van der Waals surface area contributed by atoms with Crippen LogP contribution in [0.3, 0.4) is 0 Å². The highest BCUT2D eigenvalue weighted by atomic mass is 32.2. The van der Waals surface area contributed by atoms with E-state index in [1.54, 1.807) is 16.7 Å². The van der Waals surface area contributed by atoms with Crippen LogP contribution in [0.1, 0.15) is 12.6 Å². The Labute approximate surface area is 142 Å². The molecule has 8 heteroatoms. The predicted molar refractivity (Wildman–Crippen MR) is 95.5 cm³/mol. The molecule has 0 amide bonds. The number of fused-ring (bicyclic) bond motifs is 1. The van der Waals surface area contributed by atoms with Crippen LogP contribution < -0.4 is 5.56 Å². The highest BCUT2D eigenvalue weighted by Crippen LogP contribution is 2.23. The SMILES string of the molecule is C[C@H]1CN=C(N2CCN(Cc3cc(=O)n4ccsc4n3)CC2)S1. The van der Waals surface area contributed by atoms with Gasteiger partial charge in [0.25, 0.3) is 5.56 Å². The van der Waals surface area contributed by atoms with E-state index >= 15 is 0 Å². The van der Waals surface area contributed by atoms with Gasteiger partial charge in [-0.15, -0.1) is 11.3 Å². The first-order valence-electron chi connectivity index (χ1n) is 7.83. The normalized spacial score (nSPS) is 22.7. The molecular formula is C15H19N5OS2. The molecule has 0 radical (unpaired) electrons. The van der Waals surface area contributed by atoms with Crippen LogP contribution in [0.15, 0.2) is 27.4 Å². The zero-order chi connectivity index (χ0) is 15.8. The Kier molecular flexibility index (Phi) is 4.13. The molecule has 1 saturated heterocycles. The number of aromatic nitrogens is 2. The smallest absolute Gasteiger partial charge is 0.258 e. The molecule has 0 unspecified atom stereocenters. The summed E-state index contributed by atoms with van der Waals surface area (Å²) in [5.41, 5.74) is 0.877. The summed E-state index contributed by atoms with van der Waals surface area (Å²) in [7, 11) is 0. The summed E-state index contributed by atoms with van der Waals surface area (Å²) in [6.07, 6.45) is 1.78. The van der Waals surface area contributed by atoms with E-state index in [9.17, 15) is 4.79 Å². The number of piperazine rings is 1. The van der Waals surface area contributed by atoms with Crippen molar-refractivity contribution in [1.82, 2.24) is 19.2 Å². The Bertz CT molecular complexity index is 791. The summed E-state index contributed by atoms with van der Waals surface area (Å²) in [5, 5.41) is 3.71. The maximum Gasteiger partial charge on any atom is 0.258 e. The fourth-order valence-corrected chi connectivity index (χ4v) is 4.66. The van der Waals surface area contributed by atoms with Crippen molar-refractivity contribution < 1.29 is 0 Å². The lowest BCUT2D eigenvalue weighted by Gasteiger charge is -2.35. The Morgan fingerprint density at radius 2 is 2.13 bits per heavy atom. The first-order chi connectivity index (χ1) is 11.2. The van der Waals surface area contributed by atoms with E-state index in [-0.39, 0.29) is 5.56 Å². The van der Waals surface area contributed by atoms with E-state index in [1.807, 2.05) is 17.1 Å². The molecule has 23 heavy (non-hydrogen) atoms. The molecule has 122 valence electrons. The quantitative estimate of drug-likeness (QED) is 0.820. The first kappa shape index (κ1) is 15.2. The number of rotatable bonds is 2. The third-order valence-corrected chi connectivity index (χ3v) is 6.08. The number of amidine groups is 1. The van der Waals surface area contributed by atoms with E-state index in [2.05, 4.69) is 26.7 Å². The standard InChI is InChI=1S/C15H19N5OS2/c1-11-9-16-14(23-11)19-4-2-18(3-5-19)10-12-8-13(21)20-6-7-22-15(20)17-12/h6-8,11H,2-5,9-10H2,1H3/t11-/m0/s1. The lowest BCUT2D eigenvalue weighted by molar-refractivity contribution is 0.176. The second-order valence-electron chi connectivity index (χ2n) is 5.96. The number of nitrogens with zero attached hydrogens (tertiary/aromatic N) is 5. The highest BCUT2D eigenvalue weighted by Gasteiger charge is 2.24. The lowest BCUT2D eigenvalue weighted by atomic mass is 10.3. The molecule has 6 nitrogen and oxygen atoms in total. The zero-order valence-corrected chi connectivity index (χ0v) is 14.6. The van der Waals surface area contributed by atoms with Gasteiger partial charge < -0.3 is 4.90 Å². The van der Waals surface area contributed by atoms with Crippen LogP contribution in [0.25, 0.3) is 4.96 Å². The minimum atomic E-state index is 0.00980. The summed E-state index contributed by atoms with van der Waals surface area (Å²) in [5.74, 6) is 0. The number of hydrogen-bond acceptors (Lipinski definition) is 7. The van der Waals surface area contributed by atoms with Crippen molar-refractivity contribution >= 4 is 33.2 Å². The van der Waals surface area contributed by atoms with Crippen molar-refractivity contribution in [3.63, 3.8) is 0 Å². The molecule has 0 spiro atoms. The molecule has 2 aromatic heterocycles. The molecule has 2 aliphatic heterocycles. The number of thiazole rings is 1. The highest BCUT2D eigenvalue weighted by molar-refractivity contribution is 8.14. The lowest BCUT2D eigenvalue weighted by Crippen LogP contribution is -2.47. The van der Waals surface area contributed by atoms with Crippen LogP contribution in [0.4, 0.5) is 0 Å². The van der Waals surface area contributed by atoms with Crippen LogP contribution in [-0.2, 0) is 6.54 Å². The molecule has 0 N–H and O–H groups in total. The molecule has 2 aliphatic rings. The molecule has 0 saturated carbocycles. The van der Waals surface area contributed by atoms with E-state index in [0.717, 1.165) is 49.9 Å². The van der Waals surface area contributed by atoms with Gasteiger partial charge in [0, 0.05) is 55.6 Å². The van der Waals surface area contributed by atoms with Gasteiger partial charge in [0.2, 0.25) is 0 Å². The van der Waals surface area contributed by atoms with Crippen molar-refractivity contribution in [2.75, 3.05) is 32.7 Å². The minimum absolute atomic E-state index is 0.00980. The van der Waals surface area contributed by atoms with Crippen LogP contribution in [0.5, 0.6) is 0 Å².